The van der Waals surface area contributed by atoms with Crippen molar-refractivity contribution < 1.29 is 18.8 Å². The van der Waals surface area contributed by atoms with Crippen LogP contribution in [0.1, 0.15) is 6.42 Å². The minimum absolute atomic E-state index is 0.0236. The molecule has 1 fully saturated rings. The average Bonchev–Trinajstić information content (AvgIpc) is 2.80. The Bertz CT molecular complexity index is 1180. The van der Waals surface area contributed by atoms with Gasteiger partial charge in [-0.2, -0.15) is 0 Å². The van der Waals surface area contributed by atoms with Gasteiger partial charge in [0, 0.05) is 31.8 Å². The molecule has 33 heavy (non-hydrogen) atoms. The van der Waals surface area contributed by atoms with Gasteiger partial charge in [-0.1, -0.05) is 23.2 Å². The highest BCUT2D eigenvalue weighted by molar-refractivity contribution is 6.42. The monoisotopic (exact) mass is 495 g/mol. The summed E-state index contributed by atoms with van der Waals surface area (Å²) in [6.45, 7) is 4.27. The van der Waals surface area contributed by atoms with Crippen molar-refractivity contribution in [2.45, 2.75) is 6.42 Å². The van der Waals surface area contributed by atoms with E-state index >= 15 is 0 Å². The van der Waals surface area contributed by atoms with E-state index in [1.165, 1.54) is 24.5 Å². The third-order valence-electron chi connectivity index (χ3n) is 5.16. The molecule has 0 unspecified atom stereocenters. The van der Waals surface area contributed by atoms with Crippen LogP contribution in [0.4, 0.5) is 21.6 Å². The van der Waals surface area contributed by atoms with E-state index in [0.29, 0.717) is 37.1 Å². The molecular weight excluding hydrogens is 476 g/mol. The van der Waals surface area contributed by atoms with Crippen LogP contribution < -0.4 is 10.1 Å². The van der Waals surface area contributed by atoms with E-state index in [9.17, 15) is 14.5 Å². The fraction of sp³-hybridized carbons (Fsp3) is 0.333. The second-order valence-corrected chi connectivity index (χ2v) is 8.16. The smallest absolute Gasteiger partial charge is 0.311 e. The molecule has 3 aromatic rings. The predicted molar refractivity (Wildman–Crippen MR) is 123 cm³/mol. The van der Waals surface area contributed by atoms with Crippen LogP contribution in [0.2, 0.25) is 10.0 Å². The number of halogens is 3. The van der Waals surface area contributed by atoms with Crippen LogP contribution in [0.3, 0.4) is 0 Å². The quantitative estimate of drug-likeness (QED) is 0.205. The average molecular weight is 496 g/mol. The summed E-state index contributed by atoms with van der Waals surface area (Å²) in [7, 11) is 0. The Morgan fingerprint density at radius 1 is 1.18 bits per heavy atom. The highest BCUT2D eigenvalue weighted by Gasteiger charge is 2.20. The number of rotatable bonds is 8. The van der Waals surface area contributed by atoms with Crippen molar-refractivity contribution in [1.29, 1.82) is 0 Å². The van der Waals surface area contributed by atoms with E-state index in [2.05, 4.69) is 20.2 Å². The van der Waals surface area contributed by atoms with Crippen LogP contribution in [-0.4, -0.2) is 59.2 Å². The van der Waals surface area contributed by atoms with Crippen molar-refractivity contribution in [2.24, 2.45) is 0 Å². The van der Waals surface area contributed by atoms with E-state index in [0.717, 1.165) is 25.7 Å². The first-order valence-corrected chi connectivity index (χ1v) is 11.0. The first kappa shape index (κ1) is 23.4. The van der Waals surface area contributed by atoms with Crippen LogP contribution in [0.5, 0.6) is 5.75 Å². The predicted octanol–water partition coefficient (Wildman–Crippen LogP) is 4.83. The Morgan fingerprint density at radius 3 is 2.70 bits per heavy atom. The topological polar surface area (TPSA) is 103 Å². The number of ether oxygens (including phenoxy) is 2. The number of nitrogens with one attached hydrogen (secondary N) is 1. The van der Waals surface area contributed by atoms with Crippen molar-refractivity contribution in [3.63, 3.8) is 0 Å². The summed E-state index contributed by atoms with van der Waals surface area (Å²) in [5.41, 5.74) is 0.193. The molecule has 1 aromatic heterocycles. The number of hydrogen-bond donors (Lipinski definition) is 1. The molecule has 4 rings (SSSR count). The van der Waals surface area contributed by atoms with Gasteiger partial charge < -0.3 is 14.8 Å². The van der Waals surface area contributed by atoms with Crippen molar-refractivity contribution in [2.75, 3.05) is 44.8 Å². The maximum atomic E-state index is 14.3. The van der Waals surface area contributed by atoms with E-state index in [4.69, 9.17) is 32.7 Å². The van der Waals surface area contributed by atoms with Gasteiger partial charge in [-0.05, 0) is 18.6 Å². The number of benzene rings is 2. The van der Waals surface area contributed by atoms with Crippen LogP contribution in [0.25, 0.3) is 10.9 Å². The van der Waals surface area contributed by atoms with Gasteiger partial charge >= 0.3 is 5.69 Å². The Kier molecular flexibility index (Phi) is 7.39. The molecule has 9 nitrogen and oxygen atoms in total. The molecule has 1 aliphatic rings. The van der Waals surface area contributed by atoms with Crippen LogP contribution >= 0.6 is 23.2 Å². The largest absolute Gasteiger partial charge is 0.487 e. The number of anilines is 2. The lowest BCUT2D eigenvalue weighted by Crippen LogP contribution is -2.37. The normalized spacial score (nSPS) is 14.4. The standard InChI is InChI=1S/C21H20Cl2FN5O4/c22-14-9-16(24)18(10-15(14)23)27-21-13-8-19(29(30)31)20(11-17(13)25-12-26-21)33-5-1-2-28-3-6-32-7-4-28/h8-12H,1-7H2,(H,25,26,27). The number of nitro benzene ring substituents is 1. The summed E-state index contributed by atoms with van der Waals surface area (Å²) < 4.78 is 25.4. The molecule has 0 spiro atoms. The molecule has 2 heterocycles. The van der Waals surface area contributed by atoms with Gasteiger partial charge in [-0.25, -0.2) is 14.4 Å². The lowest BCUT2D eigenvalue weighted by molar-refractivity contribution is -0.385. The Labute approximate surface area is 198 Å². The Hall–Kier alpha value is -2.79. The third-order valence-corrected chi connectivity index (χ3v) is 5.88. The first-order chi connectivity index (χ1) is 15.9. The molecule has 0 aliphatic carbocycles. The molecule has 174 valence electrons. The zero-order valence-electron chi connectivity index (χ0n) is 17.4. The van der Waals surface area contributed by atoms with Gasteiger partial charge in [0.25, 0.3) is 0 Å². The van der Waals surface area contributed by atoms with Gasteiger partial charge in [0.2, 0.25) is 0 Å². The molecule has 1 aliphatic heterocycles. The summed E-state index contributed by atoms with van der Waals surface area (Å²) in [5, 5.41) is 15.1. The molecule has 2 aromatic carbocycles. The number of nitrogens with zero attached hydrogens (tertiary/aromatic N) is 4. The number of morpholine rings is 1. The fourth-order valence-corrected chi connectivity index (χ4v) is 3.79. The SMILES string of the molecule is O=[N+]([O-])c1cc2c(Nc3cc(Cl)c(Cl)cc3F)ncnc2cc1OCCCN1CCOCC1. The second kappa shape index (κ2) is 10.4. The van der Waals surface area contributed by atoms with Crippen molar-refractivity contribution >= 4 is 51.3 Å². The van der Waals surface area contributed by atoms with Crippen LogP contribution in [-0.2, 0) is 4.74 Å². The minimum atomic E-state index is -0.647. The molecule has 0 bridgehead atoms. The second-order valence-electron chi connectivity index (χ2n) is 7.34. The van der Waals surface area contributed by atoms with Crippen molar-refractivity contribution in [1.82, 2.24) is 14.9 Å². The van der Waals surface area contributed by atoms with Crippen LogP contribution in [0.15, 0.2) is 30.6 Å². The first-order valence-electron chi connectivity index (χ1n) is 10.2. The van der Waals surface area contributed by atoms with Crippen molar-refractivity contribution in [3.05, 3.63) is 56.6 Å². The molecule has 1 N–H and O–H groups in total. The van der Waals surface area contributed by atoms with E-state index in [-0.39, 0.29) is 33.0 Å². The molecule has 0 saturated carbocycles. The van der Waals surface area contributed by atoms with E-state index < -0.39 is 10.7 Å². The summed E-state index contributed by atoms with van der Waals surface area (Å²) in [6.07, 6.45) is 1.98. The van der Waals surface area contributed by atoms with E-state index in [1.807, 2.05) is 0 Å². The number of fused-ring (bicyclic) bond motifs is 1. The van der Waals surface area contributed by atoms with E-state index in [1.54, 1.807) is 0 Å². The highest BCUT2D eigenvalue weighted by atomic mass is 35.5. The zero-order valence-corrected chi connectivity index (χ0v) is 18.9. The maximum Gasteiger partial charge on any atom is 0.311 e. The van der Waals surface area contributed by atoms with Gasteiger partial charge in [-0.15, -0.1) is 0 Å². The summed E-state index contributed by atoms with van der Waals surface area (Å²) in [4.78, 5) is 21.7. The summed E-state index contributed by atoms with van der Waals surface area (Å²) >= 11 is 11.8. The molecule has 12 heteroatoms. The molecular formula is C21H20Cl2FN5O4. The number of nitro groups is 1. The number of hydrogen-bond acceptors (Lipinski definition) is 8. The summed E-state index contributed by atoms with van der Waals surface area (Å²) in [6, 6.07) is 5.18. The number of aromatic nitrogens is 2. The lowest BCUT2D eigenvalue weighted by Gasteiger charge is -2.26. The minimum Gasteiger partial charge on any atom is -0.487 e. The Morgan fingerprint density at radius 2 is 1.94 bits per heavy atom. The molecule has 0 amide bonds. The maximum absolute atomic E-state index is 14.3. The Balaban J connectivity index is 1.55. The lowest BCUT2D eigenvalue weighted by atomic mass is 10.2. The third kappa shape index (κ3) is 5.59. The van der Waals surface area contributed by atoms with Gasteiger partial charge in [0.15, 0.2) is 5.75 Å². The van der Waals surface area contributed by atoms with Gasteiger partial charge in [0.1, 0.15) is 18.0 Å². The van der Waals surface area contributed by atoms with Gasteiger partial charge in [0.05, 0.1) is 51.4 Å². The molecule has 1 saturated heterocycles. The van der Waals surface area contributed by atoms with Crippen LogP contribution in [0, 0.1) is 15.9 Å². The molecule has 0 atom stereocenters. The fourth-order valence-electron chi connectivity index (χ4n) is 3.47. The summed E-state index contributed by atoms with van der Waals surface area (Å²) in [5.74, 6) is -0.356. The highest BCUT2D eigenvalue weighted by Crippen LogP contribution is 2.36. The molecule has 0 radical (unpaired) electrons. The van der Waals surface area contributed by atoms with Gasteiger partial charge in [-0.3, -0.25) is 15.0 Å². The van der Waals surface area contributed by atoms with Crippen molar-refractivity contribution in [3.8, 4) is 5.75 Å². The zero-order chi connectivity index (χ0) is 23.4.